The fourth-order valence-electron chi connectivity index (χ4n) is 1.63. The van der Waals surface area contributed by atoms with Gasteiger partial charge < -0.3 is 4.74 Å². The Morgan fingerprint density at radius 2 is 1.55 bits per heavy atom. The first-order chi connectivity index (χ1) is 9.74. The van der Waals surface area contributed by atoms with Crippen LogP contribution in [0.25, 0.3) is 0 Å². The van der Waals surface area contributed by atoms with Crippen LogP contribution in [0.2, 0.25) is 0 Å². The van der Waals surface area contributed by atoms with E-state index in [2.05, 4.69) is 9.73 Å². The number of isocyanates is 1. The van der Waals surface area contributed by atoms with E-state index in [1.54, 1.807) is 54.8 Å². The van der Waals surface area contributed by atoms with Crippen molar-refractivity contribution in [3.8, 4) is 12.0 Å². The summed E-state index contributed by atoms with van der Waals surface area (Å²) in [5.41, 5.74) is 1.39. The zero-order valence-electron chi connectivity index (χ0n) is 10.2. The maximum absolute atomic E-state index is 12.2. The first kappa shape index (κ1) is 13.2. The van der Waals surface area contributed by atoms with Gasteiger partial charge in [-0.25, -0.2) is 4.79 Å². The first-order valence-corrected chi connectivity index (χ1v) is 5.63. The normalized spacial score (nSPS) is 9.15. The van der Waals surface area contributed by atoms with E-state index in [0.29, 0.717) is 22.6 Å². The Kier molecular flexibility index (Phi) is 4.03. The van der Waals surface area contributed by atoms with Crippen LogP contribution in [0.5, 0.6) is 5.75 Å². The van der Waals surface area contributed by atoms with Crippen LogP contribution in [0.4, 0.5) is 5.69 Å². The van der Waals surface area contributed by atoms with E-state index in [9.17, 15) is 9.59 Å². The maximum atomic E-state index is 12.2. The molecule has 0 bridgehead atoms. The van der Waals surface area contributed by atoms with Crippen LogP contribution in [0.15, 0.2) is 53.5 Å². The van der Waals surface area contributed by atoms with Gasteiger partial charge in [0, 0.05) is 11.1 Å². The fraction of sp³-hybridized carbons (Fsp3) is 0. The quantitative estimate of drug-likeness (QED) is 0.368. The molecule has 96 valence electrons. The van der Waals surface area contributed by atoms with Gasteiger partial charge in [-0.05, 0) is 48.5 Å². The Labute approximate surface area is 114 Å². The summed E-state index contributed by atoms with van der Waals surface area (Å²) in [6, 6.07) is 12.5. The van der Waals surface area contributed by atoms with Gasteiger partial charge in [-0.1, -0.05) is 0 Å². The fourth-order valence-corrected chi connectivity index (χ4v) is 1.63. The third kappa shape index (κ3) is 2.96. The Morgan fingerprint density at radius 1 is 1.00 bits per heavy atom. The number of nitriles is 1. The average molecular weight is 264 g/mol. The number of hydrogen-bond donors (Lipinski definition) is 0. The van der Waals surface area contributed by atoms with Crippen molar-refractivity contribution in [2.75, 3.05) is 0 Å². The molecular formula is C15H8N2O3. The van der Waals surface area contributed by atoms with Crippen LogP contribution in [-0.2, 0) is 4.79 Å². The summed E-state index contributed by atoms with van der Waals surface area (Å²) in [4.78, 5) is 25.7. The molecule has 0 aliphatic carbocycles. The molecule has 2 rings (SSSR count). The van der Waals surface area contributed by atoms with Gasteiger partial charge in [0.2, 0.25) is 6.08 Å². The van der Waals surface area contributed by atoms with Crippen molar-refractivity contribution >= 4 is 17.6 Å². The summed E-state index contributed by atoms with van der Waals surface area (Å²) in [6.07, 6.45) is 2.99. The number of rotatable bonds is 4. The van der Waals surface area contributed by atoms with Crippen LogP contribution in [-0.4, -0.2) is 11.9 Å². The zero-order valence-corrected chi connectivity index (χ0v) is 10.2. The molecule has 2 aromatic rings. The molecule has 0 atom stereocenters. The largest absolute Gasteiger partial charge is 0.388 e. The van der Waals surface area contributed by atoms with Crippen molar-refractivity contribution in [1.29, 1.82) is 5.26 Å². The number of nitrogens with zero attached hydrogens (tertiary/aromatic N) is 2. The predicted molar refractivity (Wildman–Crippen MR) is 70.3 cm³/mol. The number of carbonyl (C=O) groups excluding carboxylic acids is 2. The van der Waals surface area contributed by atoms with Gasteiger partial charge in [0.1, 0.15) is 5.75 Å². The van der Waals surface area contributed by atoms with Gasteiger partial charge in [-0.2, -0.15) is 4.99 Å². The molecule has 0 fully saturated rings. The highest BCUT2D eigenvalue weighted by molar-refractivity contribution is 6.09. The second-order valence-corrected chi connectivity index (χ2v) is 3.80. The van der Waals surface area contributed by atoms with E-state index in [4.69, 9.17) is 5.26 Å². The highest BCUT2D eigenvalue weighted by Crippen LogP contribution is 2.17. The molecule has 0 N–H and O–H groups in total. The maximum Gasteiger partial charge on any atom is 0.292 e. The van der Waals surface area contributed by atoms with Crippen LogP contribution in [0.1, 0.15) is 15.9 Å². The number of aliphatic imine (C=N–C) groups is 1. The summed E-state index contributed by atoms with van der Waals surface area (Å²) in [6.45, 7) is 0. The monoisotopic (exact) mass is 264 g/mol. The molecule has 0 amide bonds. The summed E-state index contributed by atoms with van der Waals surface area (Å²) in [7, 11) is 0. The van der Waals surface area contributed by atoms with Crippen molar-refractivity contribution < 1.29 is 14.3 Å². The Bertz CT molecular complexity index is 706. The molecule has 5 nitrogen and oxygen atoms in total. The van der Waals surface area contributed by atoms with E-state index in [1.807, 2.05) is 0 Å². The number of benzene rings is 2. The van der Waals surface area contributed by atoms with Crippen molar-refractivity contribution in [1.82, 2.24) is 0 Å². The van der Waals surface area contributed by atoms with Gasteiger partial charge in [-0.15, -0.1) is 5.26 Å². The lowest BCUT2D eigenvalue weighted by Crippen LogP contribution is -2.00. The highest BCUT2D eigenvalue weighted by Gasteiger charge is 2.09. The van der Waals surface area contributed by atoms with Gasteiger partial charge >= 0.3 is 0 Å². The number of ether oxygens (including phenoxy) is 1. The van der Waals surface area contributed by atoms with E-state index in [-0.39, 0.29) is 5.78 Å². The van der Waals surface area contributed by atoms with E-state index in [0.717, 1.165) is 0 Å². The topological polar surface area (TPSA) is 79.5 Å². The molecular weight excluding hydrogens is 256 g/mol. The van der Waals surface area contributed by atoms with Crippen LogP contribution in [0, 0.1) is 11.5 Å². The van der Waals surface area contributed by atoms with Crippen LogP contribution >= 0.6 is 0 Å². The molecule has 5 heteroatoms. The molecule has 0 heterocycles. The number of hydrogen-bond acceptors (Lipinski definition) is 5. The first-order valence-electron chi connectivity index (χ1n) is 5.63. The van der Waals surface area contributed by atoms with Crippen molar-refractivity contribution in [2.45, 2.75) is 0 Å². The van der Waals surface area contributed by atoms with Crippen molar-refractivity contribution in [2.24, 2.45) is 4.99 Å². The number of ketones is 1. The highest BCUT2D eigenvalue weighted by atomic mass is 16.5. The SMILES string of the molecule is N#COc1ccc(C(=O)c2ccc(N=C=O)cc2)cc1. The molecule has 0 radical (unpaired) electrons. The van der Waals surface area contributed by atoms with Crippen molar-refractivity contribution in [3.05, 3.63) is 59.7 Å². The summed E-state index contributed by atoms with van der Waals surface area (Å²) >= 11 is 0. The second-order valence-electron chi connectivity index (χ2n) is 3.80. The lowest BCUT2D eigenvalue weighted by atomic mass is 10.0. The molecule has 0 saturated heterocycles. The molecule has 0 aliphatic rings. The summed E-state index contributed by atoms with van der Waals surface area (Å²) in [5.74, 6) is 0.204. The minimum Gasteiger partial charge on any atom is -0.388 e. The molecule has 0 aliphatic heterocycles. The molecule has 0 unspecified atom stereocenters. The smallest absolute Gasteiger partial charge is 0.292 e. The standard InChI is InChI=1S/C15H8N2O3/c16-9-20-14-7-3-12(4-8-14)15(19)11-1-5-13(6-2-11)17-10-18/h1-8H. The number of carbonyl (C=O) groups is 1. The molecule has 2 aromatic carbocycles. The summed E-state index contributed by atoms with van der Waals surface area (Å²) in [5, 5.41) is 8.37. The van der Waals surface area contributed by atoms with E-state index < -0.39 is 0 Å². The third-order valence-corrected chi connectivity index (χ3v) is 2.58. The molecule has 20 heavy (non-hydrogen) atoms. The lowest BCUT2D eigenvalue weighted by Gasteiger charge is -2.02. The Hall–Kier alpha value is -3.22. The minimum atomic E-state index is -0.171. The van der Waals surface area contributed by atoms with E-state index >= 15 is 0 Å². The Balaban J connectivity index is 2.22. The average Bonchev–Trinajstić information content (AvgIpc) is 2.49. The van der Waals surface area contributed by atoms with Crippen LogP contribution < -0.4 is 4.74 Å². The van der Waals surface area contributed by atoms with Crippen molar-refractivity contribution in [3.63, 3.8) is 0 Å². The second kappa shape index (κ2) is 6.10. The van der Waals surface area contributed by atoms with Gasteiger partial charge in [0.05, 0.1) is 5.69 Å². The Morgan fingerprint density at radius 3 is 2.05 bits per heavy atom. The predicted octanol–water partition coefficient (Wildman–Crippen LogP) is 2.74. The molecule has 0 aromatic heterocycles. The third-order valence-electron chi connectivity index (χ3n) is 2.58. The zero-order chi connectivity index (χ0) is 14.4. The lowest BCUT2D eigenvalue weighted by molar-refractivity contribution is 0.103. The van der Waals surface area contributed by atoms with Gasteiger partial charge in [0.25, 0.3) is 6.26 Å². The van der Waals surface area contributed by atoms with E-state index in [1.165, 1.54) is 6.08 Å². The molecule has 0 spiro atoms. The molecule has 0 saturated carbocycles. The van der Waals surface area contributed by atoms with Gasteiger partial charge in [-0.3, -0.25) is 4.79 Å². The minimum absolute atomic E-state index is 0.171. The summed E-state index contributed by atoms with van der Waals surface area (Å²) < 4.78 is 4.63. The van der Waals surface area contributed by atoms with Crippen LogP contribution in [0.3, 0.4) is 0 Å². The van der Waals surface area contributed by atoms with Gasteiger partial charge in [0.15, 0.2) is 5.78 Å².